The molecule has 0 saturated heterocycles. The highest BCUT2D eigenvalue weighted by atomic mass is 16.3. The average Bonchev–Trinajstić information content (AvgIpc) is 2.38. The molecule has 0 fully saturated rings. The third-order valence-electron chi connectivity index (χ3n) is 2.90. The minimum absolute atomic E-state index is 0.173. The monoisotopic (exact) mass is 233 g/mol. The number of nitrogens with zero attached hydrogens (tertiary/aromatic N) is 1. The number of carbonyl (C=O) groups is 1. The van der Waals surface area contributed by atoms with Crippen LogP contribution >= 0.6 is 0 Å². The topological polar surface area (TPSA) is 60.8 Å². The molecular formula is C13H15NO3. The van der Waals surface area contributed by atoms with Crippen molar-refractivity contribution in [2.45, 2.75) is 12.1 Å². The normalized spacial score (nSPS) is 23.8. The summed E-state index contributed by atoms with van der Waals surface area (Å²) in [6.45, 7) is 0.167. The lowest BCUT2D eigenvalue weighted by atomic mass is 10.0. The maximum Gasteiger partial charge on any atom is 0.254 e. The molecule has 17 heavy (non-hydrogen) atoms. The molecule has 90 valence electrons. The molecule has 2 N–H and O–H groups in total. The molecule has 1 aliphatic rings. The first-order valence-corrected chi connectivity index (χ1v) is 5.55. The van der Waals surface area contributed by atoms with Gasteiger partial charge in [0.2, 0.25) is 0 Å². The van der Waals surface area contributed by atoms with E-state index in [9.17, 15) is 15.0 Å². The Balaban J connectivity index is 2.22. The smallest absolute Gasteiger partial charge is 0.254 e. The third-order valence-corrected chi connectivity index (χ3v) is 2.90. The Morgan fingerprint density at radius 3 is 2.71 bits per heavy atom. The van der Waals surface area contributed by atoms with E-state index in [0.717, 1.165) is 0 Å². The summed E-state index contributed by atoms with van der Waals surface area (Å²) in [5.74, 6) is -0.173. The van der Waals surface area contributed by atoms with Crippen LogP contribution < -0.4 is 0 Å². The summed E-state index contributed by atoms with van der Waals surface area (Å²) < 4.78 is 0. The van der Waals surface area contributed by atoms with Crippen molar-refractivity contribution in [2.75, 3.05) is 13.2 Å². The molecular weight excluding hydrogens is 218 g/mol. The summed E-state index contributed by atoms with van der Waals surface area (Å²) in [5, 5.41) is 18.9. The van der Waals surface area contributed by atoms with Gasteiger partial charge in [-0.05, 0) is 12.1 Å². The Labute approximate surface area is 99.8 Å². The lowest BCUT2D eigenvalue weighted by Gasteiger charge is -2.34. The van der Waals surface area contributed by atoms with Crippen molar-refractivity contribution in [3.8, 4) is 0 Å². The third kappa shape index (κ3) is 2.38. The molecule has 0 aromatic heterocycles. The zero-order valence-electron chi connectivity index (χ0n) is 9.36. The lowest BCUT2D eigenvalue weighted by Crippen LogP contribution is -2.50. The van der Waals surface area contributed by atoms with Crippen molar-refractivity contribution in [2.24, 2.45) is 0 Å². The van der Waals surface area contributed by atoms with E-state index in [4.69, 9.17) is 0 Å². The average molecular weight is 233 g/mol. The quantitative estimate of drug-likeness (QED) is 0.728. The van der Waals surface area contributed by atoms with Crippen LogP contribution in [0.3, 0.4) is 0 Å². The molecule has 0 unspecified atom stereocenters. The van der Waals surface area contributed by atoms with E-state index in [2.05, 4.69) is 0 Å². The Bertz CT molecular complexity index is 416. The largest absolute Gasteiger partial charge is 0.394 e. The number of rotatable bonds is 2. The second-order valence-corrected chi connectivity index (χ2v) is 3.99. The molecule has 0 aliphatic carbocycles. The maximum atomic E-state index is 12.2. The molecule has 1 amide bonds. The van der Waals surface area contributed by atoms with Crippen LogP contribution in [0, 0.1) is 0 Å². The first-order chi connectivity index (χ1) is 8.24. The number of aliphatic hydroxyl groups is 2. The highest BCUT2D eigenvalue weighted by Gasteiger charge is 2.30. The summed E-state index contributed by atoms with van der Waals surface area (Å²) in [7, 11) is 0. The highest BCUT2D eigenvalue weighted by molar-refractivity contribution is 5.94. The van der Waals surface area contributed by atoms with Crippen molar-refractivity contribution >= 4 is 5.91 Å². The van der Waals surface area contributed by atoms with Crippen molar-refractivity contribution in [1.29, 1.82) is 0 Å². The number of aliphatic hydroxyl groups excluding tert-OH is 2. The fraction of sp³-hybridized carbons (Fsp3) is 0.308. The Hall–Kier alpha value is -1.65. The first-order valence-electron chi connectivity index (χ1n) is 5.55. The van der Waals surface area contributed by atoms with Gasteiger partial charge in [-0.15, -0.1) is 0 Å². The minimum atomic E-state index is -0.804. The van der Waals surface area contributed by atoms with E-state index >= 15 is 0 Å². The molecule has 1 aromatic carbocycles. The van der Waals surface area contributed by atoms with Crippen molar-refractivity contribution in [3.63, 3.8) is 0 Å². The van der Waals surface area contributed by atoms with Gasteiger partial charge in [-0.3, -0.25) is 4.79 Å². The zero-order valence-corrected chi connectivity index (χ0v) is 9.36. The van der Waals surface area contributed by atoms with E-state index in [1.54, 1.807) is 36.4 Å². The number of benzene rings is 1. The number of hydrogen-bond donors (Lipinski definition) is 2. The summed E-state index contributed by atoms with van der Waals surface area (Å²) in [4.78, 5) is 13.7. The molecule has 0 spiro atoms. The molecule has 1 aromatic rings. The Morgan fingerprint density at radius 2 is 2.06 bits per heavy atom. The second-order valence-electron chi connectivity index (χ2n) is 3.99. The summed E-state index contributed by atoms with van der Waals surface area (Å²) in [6, 6.07) is 8.30. The van der Waals surface area contributed by atoms with E-state index in [1.807, 2.05) is 6.07 Å². The zero-order chi connectivity index (χ0) is 12.3. The van der Waals surface area contributed by atoms with Gasteiger partial charge in [0.25, 0.3) is 5.91 Å². The minimum Gasteiger partial charge on any atom is -0.394 e. The van der Waals surface area contributed by atoms with Crippen molar-refractivity contribution in [1.82, 2.24) is 4.90 Å². The van der Waals surface area contributed by atoms with E-state index in [-0.39, 0.29) is 12.5 Å². The molecule has 1 heterocycles. The van der Waals surface area contributed by atoms with E-state index < -0.39 is 12.1 Å². The van der Waals surface area contributed by atoms with Gasteiger partial charge in [0.1, 0.15) is 0 Å². The Morgan fingerprint density at radius 1 is 1.35 bits per heavy atom. The number of hydrogen-bond acceptors (Lipinski definition) is 3. The Kier molecular flexibility index (Phi) is 3.56. The fourth-order valence-electron chi connectivity index (χ4n) is 1.95. The van der Waals surface area contributed by atoms with Crippen LogP contribution in [0.25, 0.3) is 0 Å². The van der Waals surface area contributed by atoms with Crippen LogP contribution in [0.15, 0.2) is 42.5 Å². The van der Waals surface area contributed by atoms with Gasteiger partial charge in [-0.25, -0.2) is 0 Å². The maximum absolute atomic E-state index is 12.2. The number of carbonyl (C=O) groups excluding carboxylic acids is 1. The predicted octanol–water partition coefficient (Wildman–Crippen LogP) is 0.420. The van der Waals surface area contributed by atoms with Gasteiger partial charge in [-0.2, -0.15) is 0 Å². The molecule has 0 radical (unpaired) electrons. The van der Waals surface area contributed by atoms with E-state index in [1.165, 1.54) is 4.90 Å². The fourth-order valence-corrected chi connectivity index (χ4v) is 1.95. The highest BCUT2D eigenvalue weighted by Crippen LogP contribution is 2.15. The van der Waals surface area contributed by atoms with Crippen molar-refractivity contribution < 1.29 is 15.0 Å². The predicted molar refractivity (Wildman–Crippen MR) is 63.5 cm³/mol. The molecule has 1 aliphatic heterocycles. The van der Waals surface area contributed by atoms with Crippen LogP contribution in [0.2, 0.25) is 0 Å². The summed E-state index contributed by atoms with van der Waals surface area (Å²) >= 11 is 0. The molecule has 0 saturated carbocycles. The molecule has 4 heteroatoms. The van der Waals surface area contributed by atoms with Gasteiger partial charge in [-0.1, -0.05) is 30.4 Å². The second kappa shape index (κ2) is 5.12. The van der Waals surface area contributed by atoms with Crippen LogP contribution in [0.4, 0.5) is 0 Å². The van der Waals surface area contributed by atoms with E-state index in [0.29, 0.717) is 12.1 Å². The van der Waals surface area contributed by atoms with Gasteiger partial charge in [0.15, 0.2) is 0 Å². The van der Waals surface area contributed by atoms with Gasteiger partial charge < -0.3 is 15.1 Å². The first kappa shape index (κ1) is 11.8. The van der Waals surface area contributed by atoms with Gasteiger partial charge in [0, 0.05) is 12.1 Å². The number of amides is 1. The SMILES string of the molecule is O=C(c1ccccc1)N1CC=C[C@H](O)[C@H]1CO. The molecule has 0 bridgehead atoms. The van der Waals surface area contributed by atoms with Crippen LogP contribution in [0.5, 0.6) is 0 Å². The van der Waals surface area contributed by atoms with Crippen LogP contribution in [-0.4, -0.2) is 46.3 Å². The van der Waals surface area contributed by atoms with Crippen LogP contribution in [0.1, 0.15) is 10.4 Å². The van der Waals surface area contributed by atoms with Gasteiger partial charge >= 0.3 is 0 Å². The molecule has 2 atom stereocenters. The standard InChI is InChI=1S/C13H15NO3/c15-9-11-12(16)7-4-8-14(11)13(17)10-5-2-1-3-6-10/h1-7,11-12,15-16H,8-9H2/t11-,12+/m1/s1. The van der Waals surface area contributed by atoms with Crippen LogP contribution in [-0.2, 0) is 0 Å². The molecule has 4 nitrogen and oxygen atoms in total. The van der Waals surface area contributed by atoms with Gasteiger partial charge in [0.05, 0.1) is 18.8 Å². The van der Waals surface area contributed by atoms with Crippen molar-refractivity contribution in [3.05, 3.63) is 48.0 Å². The molecule has 2 rings (SSSR count). The summed E-state index contributed by atoms with van der Waals surface area (Å²) in [6.07, 6.45) is 2.54. The lowest BCUT2D eigenvalue weighted by molar-refractivity contribution is 0.0291. The summed E-state index contributed by atoms with van der Waals surface area (Å²) in [5.41, 5.74) is 0.563.